The monoisotopic (exact) mass is 213 g/mol. The summed E-state index contributed by atoms with van der Waals surface area (Å²) >= 11 is 0. The summed E-state index contributed by atoms with van der Waals surface area (Å²) in [5.41, 5.74) is 0. The largest absolute Gasteiger partial charge is 0.359 e. The number of nitrogens with one attached hydrogen (secondary N) is 3. The minimum absolute atomic E-state index is 0.0444. The summed E-state index contributed by atoms with van der Waals surface area (Å²) in [6.07, 6.45) is 2.34. The van der Waals surface area contributed by atoms with Crippen molar-refractivity contribution in [1.29, 1.82) is 0 Å². The van der Waals surface area contributed by atoms with Gasteiger partial charge in [0, 0.05) is 26.6 Å². The summed E-state index contributed by atoms with van der Waals surface area (Å²) in [5, 5.41) is 8.48. The van der Waals surface area contributed by atoms with Crippen molar-refractivity contribution in [3.8, 4) is 0 Å². The smallest absolute Gasteiger partial charge is 0.224 e. The average molecular weight is 213 g/mol. The average Bonchev–Trinajstić information content (AvgIpc) is 2.29. The maximum Gasteiger partial charge on any atom is 0.224 e. The van der Waals surface area contributed by atoms with Gasteiger partial charge in [-0.2, -0.15) is 0 Å². The normalized spacial score (nSPS) is 20.7. The fourth-order valence-corrected chi connectivity index (χ4v) is 1.64. The van der Waals surface area contributed by atoms with E-state index in [4.69, 9.17) is 0 Å². The molecule has 2 amide bonds. The molecule has 3 N–H and O–H groups in total. The predicted molar refractivity (Wildman–Crippen MR) is 57.3 cm³/mol. The van der Waals surface area contributed by atoms with Crippen molar-refractivity contribution in [3.05, 3.63) is 0 Å². The van der Waals surface area contributed by atoms with E-state index in [0.717, 1.165) is 25.9 Å². The molecule has 86 valence electrons. The van der Waals surface area contributed by atoms with Gasteiger partial charge in [-0.25, -0.2) is 0 Å². The van der Waals surface area contributed by atoms with Gasteiger partial charge >= 0.3 is 0 Å². The lowest BCUT2D eigenvalue weighted by Crippen LogP contribution is -2.41. The summed E-state index contributed by atoms with van der Waals surface area (Å²) in [6.45, 7) is 2.18. The standard InChI is InChI=1S/C10H19N3O2/c1-11-9(14)4-6-13-10(15)8-3-2-5-12-7-8/h8,12H,2-7H2,1H3,(H,11,14)(H,13,15)/t8-/m1/s1. The van der Waals surface area contributed by atoms with E-state index in [9.17, 15) is 9.59 Å². The first-order chi connectivity index (χ1) is 7.24. The molecule has 1 fully saturated rings. The second kappa shape index (κ2) is 6.40. The molecule has 0 spiro atoms. The highest BCUT2D eigenvalue weighted by atomic mass is 16.2. The zero-order valence-electron chi connectivity index (χ0n) is 9.14. The molecule has 0 aromatic rings. The molecule has 1 atom stereocenters. The minimum Gasteiger partial charge on any atom is -0.359 e. The summed E-state index contributed by atoms with van der Waals surface area (Å²) in [6, 6.07) is 0. The molecule has 1 saturated heterocycles. The Labute approximate surface area is 90.0 Å². The predicted octanol–water partition coefficient (Wildman–Crippen LogP) is -0.762. The molecule has 0 aromatic carbocycles. The Kier molecular flexibility index (Phi) is 5.10. The van der Waals surface area contributed by atoms with Crippen LogP contribution in [-0.2, 0) is 9.59 Å². The summed E-state index contributed by atoms with van der Waals surface area (Å²) in [5.74, 6) is 0.0895. The minimum atomic E-state index is -0.0444. The molecule has 1 aliphatic heterocycles. The fraction of sp³-hybridized carbons (Fsp3) is 0.800. The SMILES string of the molecule is CNC(=O)CCNC(=O)[C@@H]1CCCNC1. The molecular formula is C10H19N3O2. The Hall–Kier alpha value is -1.10. The molecule has 5 heteroatoms. The Bertz CT molecular complexity index is 225. The van der Waals surface area contributed by atoms with Crippen molar-refractivity contribution < 1.29 is 9.59 Å². The molecule has 0 bridgehead atoms. The second-order valence-electron chi connectivity index (χ2n) is 3.76. The van der Waals surface area contributed by atoms with E-state index in [1.165, 1.54) is 0 Å². The number of amides is 2. The Morgan fingerprint density at radius 1 is 1.47 bits per heavy atom. The molecule has 1 heterocycles. The number of hydrogen-bond donors (Lipinski definition) is 3. The molecule has 5 nitrogen and oxygen atoms in total. The molecule has 1 aliphatic rings. The van der Waals surface area contributed by atoms with E-state index in [1.54, 1.807) is 7.05 Å². The fourth-order valence-electron chi connectivity index (χ4n) is 1.64. The maximum absolute atomic E-state index is 11.6. The lowest BCUT2D eigenvalue weighted by Gasteiger charge is -2.21. The Morgan fingerprint density at radius 3 is 2.87 bits per heavy atom. The molecule has 0 aliphatic carbocycles. The van der Waals surface area contributed by atoms with Gasteiger partial charge in [-0.05, 0) is 19.4 Å². The van der Waals surface area contributed by atoms with Gasteiger partial charge in [0.25, 0.3) is 0 Å². The summed E-state index contributed by atoms with van der Waals surface area (Å²) < 4.78 is 0. The topological polar surface area (TPSA) is 70.2 Å². The van der Waals surface area contributed by atoms with Crippen molar-refractivity contribution in [2.24, 2.45) is 5.92 Å². The quantitative estimate of drug-likeness (QED) is 0.575. The second-order valence-corrected chi connectivity index (χ2v) is 3.76. The first-order valence-electron chi connectivity index (χ1n) is 5.43. The van der Waals surface area contributed by atoms with E-state index in [1.807, 2.05) is 0 Å². The molecule has 0 aromatic heterocycles. The van der Waals surface area contributed by atoms with Crippen molar-refractivity contribution in [2.75, 3.05) is 26.7 Å². The van der Waals surface area contributed by atoms with Gasteiger partial charge in [-0.15, -0.1) is 0 Å². The molecule has 0 saturated carbocycles. The van der Waals surface area contributed by atoms with Crippen molar-refractivity contribution in [1.82, 2.24) is 16.0 Å². The van der Waals surface area contributed by atoms with Gasteiger partial charge in [0.15, 0.2) is 0 Å². The highest BCUT2D eigenvalue weighted by Gasteiger charge is 2.20. The molecule has 15 heavy (non-hydrogen) atoms. The van der Waals surface area contributed by atoms with Crippen LogP contribution >= 0.6 is 0 Å². The highest BCUT2D eigenvalue weighted by Crippen LogP contribution is 2.09. The van der Waals surface area contributed by atoms with E-state index in [-0.39, 0.29) is 17.7 Å². The Balaban J connectivity index is 2.14. The van der Waals surface area contributed by atoms with Crippen LogP contribution in [0.25, 0.3) is 0 Å². The van der Waals surface area contributed by atoms with Crippen molar-refractivity contribution in [2.45, 2.75) is 19.3 Å². The maximum atomic E-state index is 11.6. The van der Waals surface area contributed by atoms with Crippen LogP contribution in [0.15, 0.2) is 0 Å². The van der Waals surface area contributed by atoms with Gasteiger partial charge in [-0.1, -0.05) is 0 Å². The van der Waals surface area contributed by atoms with E-state index in [0.29, 0.717) is 13.0 Å². The van der Waals surface area contributed by atoms with E-state index in [2.05, 4.69) is 16.0 Å². The zero-order chi connectivity index (χ0) is 11.1. The molecule has 1 rings (SSSR count). The number of piperidine rings is 1. The zero-order valence-corrected chi connectivity index (χ0v) is 9.14. The summed E-state index contributed by atoms with van der Waals surface area (Å²) in [4.78, 5) is 22.5. The van der Waals surface area contributed by atoms with Crippen LogP contribution in [0.1, 0.15) is 19.3 Å². The molecule has 0 unspecified atom stereocenters. The van der Waals surface area contributed by atoms with E-state index >= 15 is 0 Å². The van der Waals surface area contributed by atoms with Crippen LogP contribution in [0.2, 0.25) is 0 Å². The van der Waals surface area contributed by atoms with Gasteiger partial charge in [0.05, 0.1) is 5.92 Å². The van der Waals surface area contributed by atoms with Gasteiger partial charge in [-0.3, -0.25) is 9.59 Å². The van der Waals surface area contributed by atoms with Crippen molar-refractivity contribution >= 4 is 11.8 Å². The third-order valence-electron chi connectivity index (χ3n) is 2.60. The van der Waals surface area contributed by atoms with Crippen LogP contribution in [-0.4, -0.2) is 38.5 Å². The van der Waals surface area contributed by atoms with Crippen molar-refractivity contribution in [3.63, 3.8) is 0 Å². The van der Waals surface area contributed by atoms with Gasteiger partial charge in [0.2, 0.25) is 11.8 Å². The number of hydrogen-bond acceptors (Lipinski definition) is 3. The van der Waals surface area contributed by atoms with Crippen LogP contribution in [0, 0.1) is 5.92 Å². The Morgan fingerprint density at radius 2 is 2.27 bits per heavy atom. The van der Waals surface area contributed by atoms with Gasteiger partial charge < -0.3 is 16.0 Å². The third kappa shape index (κ3) is 4.29. The third-order valence-corrected chi connectivity index (χ3v) is 2.60. The first-order valence-corrected chi connectivity index (χ1v) is 5.43. The lowest BCUT2D eigenvalue weighted by atomic mass is 9.99. The molecular weight excluding hydrogens is 194 g/mol. The first kappa shape index (κ1) is 12.0. The number of carbonyl (C=O) groups is 2. The highest BCUT2D eigenvalue weighted by molar-refractivity contribution is 5.80. The van der Waals surface area contributed by atoms with Crippen LogP contribution in [0.5, 0.6) is 0 Å². The van der Waals surface area contributed by atoms with Crippen LogP contribution in [0.4, 0.5) is 0 Å². The number of rotatable bonds is 4. The van der Waals surface area contributed by atoms with Crippen LogP contribution in [0.3, 0.4) is 0 Å². The molecule has 0 radical (unpaired) electrons. The lowest BCUT2D eigenvalue weighted by molar-refractivity contribution is -0.125. The van der Waals surface area contributed by atoms with Crippen LogP contribution < -0.4 is 16.0 Å². The summed E-state index contributed by atoms with van der Waals surface area (Å²) in [7, 11) is 1.59. The number of carbonyl (C=O) groups excluding carboxylic acids is 2. The van der Waals surface area contributed by atoms with E-state index < -0.39 is 0 Å². The van der Waals surface area contributed by atoms with Gasteiger partial charge in [0.1, 0.15) is 0 Å².